The number of halogens is 2. The highest BCUT2D eigenvalue weighted by atomic mass is 79.9. The molecule has 6 aromatic carbocycles. The van der Waals surface area contributed by atoms with Crippen molar-refractivity contribution in [1.29, 1.82) is 0 Å². The van der Waals surface area contributed by atoms with Crippen LogP contribution in [0.5, 0.6) is 0 Å². The van der Waals surface area contributed by atoms with Crippen molar-refractivity contribution in [3.05, 3.63) is 201 Å². The lowest BCUT2D eigenvalue weighted by Crippen LogP contribution is -2.68. The zero-order chi connectivity index (χ0) is 49.2. The van der Waals surface area contributed by atoms with Crippen LogP contribution < -0.4 is 28.7 Å². The smallest absolute Gasteiger partial charge is 0.423 e. The van der Waals surface area contributed by atoms with E-state index in [0.717, 1.165) is 32.2 Å². The summed E-state index contributed by atoms with van der Waals surface area (Å²) < 4.78 is 37.2. The van der Waals surface area contributed by atoms with Gasteiger partial charge in [0.1, 0.15) is 7.05 Å². The Kier molecular flexibility index (Phi) is 18.1. The third-order valence-corrected chi connectivity index (χ3v) is 11.5. The lowest BCUT2D eigenvalue weighted by molar-refractivity contribution is -2.00. The van der Waals surface area contributed by atoms with E-state index in [1.54, 1.807) is 0 Å². The van der Waals surface area contributed by atoms with Crippen molar-refractivity contribution in [2.75, 3.05) is 0 Å². The van der Waals surface area contributed by atoms with Crippen LogP contribution in [0.4, 0.5) is 0 Å². The van der Waals surface area contributed by atoms with E-state index >= 15 is 0 Å². The average Bonchev–Trinajstić information content (AvgIpc) is 3.22. The molecule has 0 aliphatic heterocycles. The van der Waals surface area contributed by atoms with Crippen LogP contribution in [0.15, 0.2) is 150 Å². The Morgan fingerprint density at radius 2 is 0.866 bits per heavy atom. The molecular formula is C55H56BBrClN3O6. The van der Waals surface area contributed by atoms with Crippen LogP contribution >= 0.6 is 15.9 Å². The fraction of sp³-hybridized carbons (Fsp3) is 0.182. The van der Waals surface area contributed by atoms with E-state index in [1.807, 2.05) is 81.7 Å². The summed E-state index contributed by atoms with van der Waals surface area (Å²) in [5, 5.41) is 21.7. The van der Waals surface area contributed by atoms with Crippen LogP contribution in [0, 0.1) is 72.6 Å². The summed E-state index contributed by atoms with van der Waals surface area (Å²) in [6.07, 6.45) is 6.02. The minimum atomic E-state index is -4.94. The van der Waals surface area contributed by atoms with Gasteiger partial charge in [-0.1, -0.05) is 113 Å². The van der Waals surface area contributed by atoms with Gasteiger partial charge in [-0.25, -0.2) is 23.2 Å². The van der Waals surface area contributed by atoms with Gasteiger partial charge in [-0.05, 0) is 153 Å². The monoisotopic (exact) mass is 979 g/mol. The third-order valence-electron chi connectivity index (χ3n) is 11.0. The van der Waals surface area contributed by atoms with Gasteiger partial charge in [0.15, 0.2) is 6.20 Å². The lowest BCUT2D eigenvalue weighted by atomic mass is 9.74. The van der Waals surface area contributed by atoms with E-state index in [0.29, 0.717) is 5.46 Å². The molecule has 3 heterocycles. The third kappa shape index (κ3) is 14.8. The molecule has 12 heteroatoms. The zero-order valence-corrected chi connectivity index (χ0v) is 41.9. The molecule has 0 unspecified atom stereocenters. The lowest BCUT2D eigenvalue weighted by Gasteiger charge is -2.17. The Bertz CT molecular complexity index is 3080. The second kappa shape index (κ2) is 23.2. The fourth-order valence-corrected chi connectivity index (χ4v) is 9.02. The second-order valence-electron chi connectivity index (χ2n) is 16.8. The first-order valence-corrected chi connectivity index (χ1v) is 23.6. The summed E-state index contributed by atoms with van der Waals surface area (Å²) in [5.41, 5.74) is 20.1. The van der Waals surface area contributed by atoms with Gasteiger partial charge in [0, 0.05) is 50.2 Å². The van der Waals surface area contributed by atoms with Crippen molar-refractivity contribution in [3.8, 4) is 22.3 Å². The molecule has 0 saturated carbocycles. The van der Waals surface area contributed by atoms with Crippen LogP contribution in [-0.2, 0) is 7.05 Å². The topological polar surface area (TPSA) is 162 Å². The molecule has 0 radical (unpaired) electrons. The molecule has 0 fully saturated rings. The zero-order valence-electron chi connectivity index (χ0n) is 39.6. The standard InChI is InChI=1S/C19H20N.C18H17N.C9H13BO2.C9H6BrN.ClHO4/c1-13-9-14(2)19(15(3)10-13)17-11-16-7-5-6-8-18(16)20(4)12-17;1-12-8-13(2)18(14(3)9-12)16-10-15-6-4-5-7-17(15)19-11-16;1-6-4-7(2)9(10(11)12)8(3)5-6;10-8-5-7-3-1-2-4-9(7)11-6-8;2-1(3,4)5/h5-12H,1-4H3;4-11H,1-3H3;4-5,11-12H,1-3H3;1-6H;(H,2,3,4,5)/q+1;;;;/p-1. The number of para-hydroxylation sites is 3. The second-order valence-corrected chi connectivity index (χ2v) is 18.4. The highest BCUT2D eigenvalue weighted by Crippen LogP contribution is 2.31. The maximum atomic E-state index is 9.03. The molecule has 2 N–H and O–H groups in total. The van der Waals surface area contributed by atoms with Gasteiger partial charge in [-0.15, -0.1) is 10.2 Å². The Balaban J connectivity index is 0.000000166. The first kappa shape index (κ1) is 52.1. The van der Waals surface area contributed by atoms with Crippen molar-refractivity contribution >= 4 is 61.2 Å². The average molecular weight is 981 g/mol. The number of rotatable bonds is 3. The SMILES string of the molecule is Brc1cnc2ccccc2c1.Cc1cc(C)c(-c2cc3ccccc3[n+](C)c2)c(C)c1.Cc1cc(C)c(-c2cnc3ccccc3c2)c(C)c1.Cc1cc(C)c(B(O)O)c(C)c1.[O-][Cl+3]([O-])([O-])[O-]. The van der Waals surface area contributed by atoms with Gasteiger partial charge < -0.3 is 10.0 Å². The van der Waals surface area contributed by atoms with Crippen molar-refractivity contribution in [1.82, 2.24) is 9.97 Å². The molecular weight excluding hydrogens is 925 g/mol. The predicted octanol–water partition coefficient (Wildman–Crippen LogP) is 7.62. The molecule has 0 bridgehead atoms. The summed E-state index contributed by atoms with van der Waals surface area (Å²) in [6, 6.07) is 44.3. The molecule has 0 amide bonds. The van der Waals surface area contributed by atoms with Gasteiger partial charge in [-0.2, -0.15) is 0 Å². The van der Waals surface area contributed by atoms with E-state index in [4.69, 9.17) is 28.7 Å². The van der Waals surface area contributed by atoms with Crippen LogP contribution in [-0.4, -0.2) is 27.1 Å². The molecule has 67 heavy (non-hydrogen) atoms. The fourth-order valence-electron chi connectivity index (χ4n) is 8.67. The molecule has 0 atom stereocenters. The normalized spacial score (nSPS) is 10.8. The number of pyridine rings is 3. The van der Waals surface area contributed by atoms with Gasteiger partial charge in [-0.3, -0.25) is 9.97 Å². The molecule has 344 valence electrons. The molecule has 0 aliphatic rings. The molecule has 0 aliphatic carbocycles. The molecule has 9 aromatic rings. The Labute approximate surface area is 404 Å². The quantitative estimate of drug-likeness (QED) is 0.135. The van der Waals surface area contributed by atoms with Gasteiger partial charge >= 0.3 is 7.12 Å². The van der Waals surface area contributed by atoms with Crippen molar-refractivity contribution in [2.45, 2.75) is 62.3 Å². The molecule has 9 nitrogen and oxygen atoms in total. The number of hydrogen-bond acceptors (Lipinski definition) is 8. The number of fused-ring (bicyclic) bond motifs is 3. The van der Waals surface area contributed by atoms with Crippen LogP contribution in [0.2, 0.25) is 0 Å². The Hall–Kier alpha value is -5.86. The van der Waals surface area contributed by atoms with Crippen LogP contribution in [0.3, 0.4) is 0 Å². The Morgan fingerprint density at radius 1 is 0.493 bits per heavy atom. The first-order valence-electron chi connectivity index (χ1n) is 21.5. The highest BCUT2D eigenvalue weighted by molar-refractivity contribution is 9.10. The molecule has 9 rings (SSSR count). The minimum Gasteiger partial charge on any atom is -0.423 e. The van der Waals surface area contributed by atoms with Crippen molar-refractivity contribution in [3.63, 3.8) is 0 Å². The first-order chi connectivity index (χ1) is 31.6. The number of aromatic nitrogens is 3. The number of aryl methyl sites for hydroxylation is 10. The summed E-state index contributed by atoms with van der Waals surface area (Å²) in [6.45, 7) is 18.8. The van der Waals surface area contributed by atoms with E-state index in [-0.39, 0.29) is 0 Å². The summed E-state index contributed by atoms with van der Waals surface area (Å²) >= 11 is 3.37. The van der Waals surface area contributed by atoms with Gasteiger partial charge in [0.05, 0.1) is 11.0 Å². The highest BCUT2D eigenvalue weighted by Gasteiger charge is 2.17. The van der Waals surface area contributed by atoms with Crippen LogP contribution in [0.1, 0.15) is 50.1 Å². The predicted molar refractivity (Wildman–Crippen MR) is 266 cm³/mol. The van der Waals surface area contributed by atoms with Crippen LogP contribution in [0.25, 0.3) is 55.0 Å². The molecule has 0 spiro atoms. The number of hydrogen-bond donors (Lipinski definition) is 2. The maximum Gasteiger partial charge on any atom is 0.488 e. The number of nitrogens with zero attached hydrogens (tertiary/aromatic N) is 3. The summed E-state index contributed by atoms with van der Waals surface area (Å²) in [5.74, 6) is 0. The number of benzene rings is 6. The van der Waals surface area contributed by atoms with Crippen molar-refractivity contribution in [2.24, 2.45) is 7.05 Å². The maximum absolute atomic E-state index is 9.03. The Morgan fingerprint density at radius 3 is 1.34 bits per heavy atom. The van der Waals surface area contributed by atoms with E-state index in [1.165, 1.54) is 77.3 Å². The minimum absolute atomic E-state index is 0.626. The summed E-state index contributed by atoms with van der Waals surface area (Å²) in [4.78, 5) is 8.80. The van der Waals surface area contributed by atoms with Gasteiger partial charge in [0.25, 0.3) is 0 Å². The largest absolute Gasteiger partial charge is 0.488 e. The van der Waals surface area contributed by atoms with Gasteiger partial charge in [0.2, 0.25) is 5.52 Å². The van der Waals surface area contributed by atoms with E-state index in [2.05, 4.69) is 164 Å². The molecule has 3 aromatic heterocycles. The van der Waals surface area contributed by atoms with E-state index in [9.17, 15) is 0 Å². The van der Waals surface area contributed by atoms with E-state index < -0.39 is 17.4 Å². The summed E-state index contributed by atoms with van der Waals surface area (Å²) in [7, 11) is -4.18. The van der Waals surface area contributed by atoms with Crippen molar-refractivity contribution < 1.29 is 43.5 Å². The molecule has 0 saturated heterocycles.